The number of hydrogen-bond donors (Lipinski definition) is 2. The molecule has 2 nitrogen and oxygen atoms in total. The van der Waals surface area contributed by atoms with E-state index in [0.717, 1.165) is 15.8 Å². The highest BCUT2D eigenvalue weighted by Crippen LogP contribution is 2.36. The van der Waals surface area contributed by atoms with Crippen LogP contribution in [-0.4, -0.2) is 10.2 Å². The van der Waals surface area contributed by atoms with Crippen LogP contribution < -0.4 is 0 Å². The van der Waals surface area contributed by atoms with E-state index in [9.17, 15) is 19.0 Å². The second kappa shape index (κ2) is 5.18. The van der Waals surface area contributed by atoms with Crippen LogP contribution in [0.25, 0.3) is 20.9 Å². The van der Waals surface area contributed by atoms with E-state index in [1.807, 2.05) is 0 Å². The number of thiophene rings is 1. The van der Waals surface area contributed by atoms with Crippen molar-refractivity contribution in [2.24, 2.45) is 0 Å². The van der Waals surface area contributed by atoms with E-state index in [2.05, 4.69) is 0 Å². The van der Waals surface area contributed by atoms with E-state index in [1.54, 1.807) is 18.2 Å². The molecule has 0 aliphatic heterocycles. The zero-order chi connectivity index (χ0) is 15.0. The van der Waals surface area contributed by atoms with Gasteiger partial charge in [-0.15, -0.1) is 11.3 Å². The van der Waals surface area contributed by atoms with Gasteiger partial charge in [-0.3, -0.25) is 0 Å². The van der Waals surface area contributed by atoms with Crippen molar-refractivity contribution in [3.05, 3.63) is 60.2 Å². The Labute approximate surface area is 123 Å². The Balaban J connectivity index is 2.01. The highest BCUT2D eigenvalue weighted by Gasteiger charge is 2.09. The average Bonchev–Trinajstić information content (AvgIpc) is 2.90. The average molecular weight is 304 g/mol. The number of rotatable bonds is 2. The van der Waals surface area contributed by atoms with Crippen molar-refractivity contribution in [3.63, 3.8) is 0 Å². The number of phenols is 2. The predicted molar refractivity (Wildman–Crippen MR) is 78.4 cm³/mol. The maximum atomic E-state index is 13.4. The van der Waals surface area contributed by atoms with Crippen molar-refractivity contribution >= 4 is 11.3 Å². The summed E-state index contributed by atoms with van der Waals surface area (Å²) in [5.41, 5.74) is 1.19. The minimum absolute atomic E-state index is 0.143. The fourth-order valence-corrected chi connectivity index (χ4v) is 3.01. The molecule has 21 heavy (non-hydrogen) atoms. The first-order valence-electron chi connectivity index (χ1n) is 6.11. The van der Waals surface area contributed by atoms with Crippen molar-refractivity contribution in [1.29, 1.82) is 0 Å². The molecule has 3 rings (SSSR count). The van der Waals surface area contributed by atoms with Crippen molar-refractivity contribution in [3.8, 4) is 32.4 Å². The van der Waals surface area contributed by atoms with Gasteiger partial charge >= 0.3 is 0 Å². The molecule has 0 aliphatic carbocycles. The lowest BCUT2D eigenvalue weighted by Crippen LogP contribution is -1.78. The van der Waals surface area contributed by atoms with Gasteiger partial charge in [0.15, 0.2) is 11.6 Å². The molecule has 0 saturated heterocycles. The van der Waals surface area contributed by atoms with E-state index in [0.29, 0.717) is 11.1 Å². The molecule has 106 valence electrons. The van der Waals surface area contributed by atoms with Gasteiger partial charge in [0.1, 0.15) is 11.6 Å². The van der Waals surface area contributed by atoms with Gasteiger partial charge in [-0.25, -0.2) is 8.78 Å². The Morgan fingerprint density at radius 1 is 0.762 bits per heavy atom. The summed E-state index contributed by atoms with van der Waals surface area (Å²) in [5.74, 6) is -1.75. The molecule has 5 heteroatoms. The minimum Gasteiger partial charge on any atom is -0.508 e. The van der Waals surface area contributed by atoms with Crippen LogP contribution >= 0.6 is 11.3 Å². The summed E-state index contributed by atoms with van der Waals surface area (Å²) in [6.45, 7) is 0. The summed E-state index contributed by atoms with van der Waals surface area (Å²) >= 11 is 1.34. The molecule has 0 saturated carbocycles. The smallest absolute Gasteiger partial charge is 0.165 e. The lowest BCUT2D eigenvalue weighted by Gasteiger charge is -2.01. The normalized spacial score (nSPS) is 10.8. The molecule has 0 spiro atoms. The summed E-state index contributed by atoms with van der Waals surface area (Å²) in [4.78, 5) is 1.54. The lowest BCUT2D eigenvalue weighted by molar-refractivity contribution is 0.432. The first-order chi connectivity index (χ1) is 10.0. The standard InChI is InChI=1S/C16H10F2O2S/c17-11-5-10(6-12(19)8-11)16-4-3-15(21-16)9-1-2-14(20)13(18)7-9/h1-8,19-20H. The molecule has 1 aromatic heterocycles. The van der Waals surface area contributed by atoms with Crippen molar-refractivity contribution < 1.29 is 19.0 Å². The maximum absolute atomic E-state index is 13.4. The molecular weight excluding hydrogens is 294 g/mol. The molecule has 0 aliphatic rings. The number of benzene rings is 2. The molecule has 0 bridgehead atoms. The fraction of sp³-hybridized carbons (Fsp3) is 0. The molecule has 1 heterocycles. The van der Waals surface area contributed by atoms with E-state index >= 15 is 0 Å². The topological polar surface area (TPSA) is 40.5 Å². The van der Waals surface area contributed by atoms with E-state index in [-0.39, 0.29) is 5.75 Å². The Bertz CT molecular complexity index is 792. The largest absolute Gasteiger partial charge is 0.508 e. The van der Waals surface area contributed by atoms with Crippen LogP contribution in [0.5, 0.6) is 11.5 Å². The predicted octanol–water partition coefficient (Wildman–Crippen LogP) is 4.77. The van der Waals surface area contributed by atoms with Crippen LogP contribution in [0, 0.1) is 11.6 Å². The summed E-state index contributed by atoms with van der Waals surface area (Å²) in [6, 6.07) is 11.5. The number of phenolic OH excluding ortho intramolecular Hbond substituents is 2. The van der Waals surface area contributed by atoms with Crippen LogP contribution in [0.3, 0.4) is 0 Å². The third kappa shape index (κ3) is 2.73. The number of halogens is 2. The molecule has 0 radical (unpaired) electrons. The highest BCUT2D eigenvalue weighted by molar-refractivity contribution is 7.18. The molecule has 0 fully saturated rings. The fourth-order valence-electron chi connectivity index (χ4n) is 2.02. The summed E-state index contributed by atoms with van der Waals surface area (Å²) in [6.07, 6.45) is 0. The first-order valence-corrected chi connectivity index (χ1v) is 6.93. The van der Waals surface area contributed by atoms with Crippen LogP contribution in [0.4, 0.5) is 8.78 Å². The zero-order valence-electron chi connectivity index (χ0n) is 10.7. The summed E-state index contributed by atoms with van der Waals surface area (Å²) in [5, 5.41) is 18.6. The van der Waals surface area contributed by atoms with Crippen LogP contribution in [-0.2, 0) is 0 Å². The highest BCUT2D eigenvalue weighted by atomic mass is 32.1. The van der Waals surface area contributed by atoms with Gasteiger partial charge in [0.2, 0.25) is 0 Å². The minimum atomic E-state index is -0.689. The summed E-state index contributed by atoms with van der Waals surface area (Å²) < 4.78 is 26.7. The van der Waals surface area contributed by atoms with Crippen molar-refractivity contribution in [2.45, 2.75) is 0 Å². The van der Waals surface area contributed by atoms with E-state index < -0.39 is 17.4 Å². The van der Waals surface area contributed by atoms with Gasteiger partial charge in [-0.1, -0.05) is 0 Å². The third-order valence-electron chi connectivity index (χ3n) is 3.01. The van der Waals surface area contributed by atoms with Gasteiger partial charge in [0, 0.05) is 15.8 Å². The molecule has 0 amide bonds. The second-order valence-corrected chi connectivity index (χ2v) is 5.61. The van der Waals surface area contributed by atoms with Gasteiger partial charge in [0.05, 0.1) is 0 Å². The SMILES string of the molecule is Oc1cc(F)cc(-c2ccc(-c3ccc(O)c(F)c3)s2)c1. The number of hydrogen-bond acceptors (Lipinski definition) is 3. The van der Waals surface area contributed by atoms with Gasteiger partial charge < -0.3 is 10.2 Å². The Morgan fingerprint density at radius 2 is 1.48 bits per heavy atom. The van der Waals surface area contributed by atoms with Crippen molar-refractivity contribution in [2.75, 3.05) is 0 Å². The summed E-state index contributed by atoms with van der Waals surface area (Å²) in [7, 11) is 0. The van der Waals surface area contributed by atoms with Gasteiger partial charge in [-0.2, -0.15) is 0 Å². The van der Waals surface area contributed by atoms with Crippen LogP contribution in [0.15, 0.2) is 48.5 Å². The van der Waals surface area contributed by atoms with E-state index in [1.165, 1.54) is 35.6 Å². The molecule has 2 aromatic carbocycles. The van der Waals surface area contributed by atoms with Gasteiger partial charge in [-0.05, 0) is 53.6 Å². The monoisotopic (exact) mass is 304 g/mol. The lowest BCUT2D eigenvalue weighted by atomic mass is 10.1. The van der Waals surface area contributed by atoms with Crippen LogP contribution in [0.1, 0.15) is 0 Å². The molecule has 0 atom stereocenters. The number of aromatic hydroxyl groups is 2. The molecule has 3 aromatic rings. The second-order valence-electron chi connectivity index (χ2n) is 4.53. The van der Waals surface area contributed by atoms with Crippen LogP contribution in [0.2, 0.25) is 0 Å². The quantitative estimate of drug-likeness (QED) is 0.716. The third-order valence-corrected chi connectivity index (χ3v) is 4.19. The molecule has 0 unspecified atom stereocenters. The Hall–Kier alpha value is -2.40. The maximum Gasteiger partial charge on any atom is 0.165 e. The zero-order valence-corrected chi connectivity index (χ0v) is 11.5. The van der Waals surface area contributed by atoms with Gasteiger partial charge in [0.25, 0.3) is 0 Å². The first kappa shape index (κ1) is 13.6. The van der Waals surface area contributed by atoms with Crippen molar-refractivity contribution in [1.82, 2.24) is 0 Å². The van der Waals surface area contributed by atoms with E-state index in [4.69, 9.17) is 0 Å². The Morgan fingerprint density at radius 3 is 2.14 bits per heavy atom. The molecular formula is C16H10F2O2S. The Kier molecular flexibility index (Phi) is 3.35. The molecule has 2 N–H and O–H groups in total.